The van der Waals surface area contributed by atoms with Crippen molar-refractivity contribution >= 4 is 5.91 Å². The van der Waals surface area contributed by atoms with Crippen LogP contribution in [0.5, 0.6) is 0 Å². The third kappa shape index (κ3) is 24.3. The molecule has 0 rings (SSSR count). The minimum Gasteiger partial charge on any atom is -0.343 e. The molecule has 0 bridgehead atoms. The first-order valence-electron chi connectivity index (χ1n) is 14.9. The lowest BCUT2D eigenvalue weighted by Gasteiger charge is -2.23. The van der Waals surface area contributed by atoms with E-state index in [9.17, 15) is 4.79 Å². The SMILES string of the molecule is CCCCCCCCCCCCCCN(CCCCCCCCCCCC)C(=O)CC(N)N. The maximum Gasteiger partial charge on any atom is 0.225 e. The van der Waals surface area contributed by atoms with Gasteiger partial charge in [-0.15, -0.1) is 0 Å². The minimum atomic E-state index is -0.533. The molecule has 0 fully saturated rings. The van der Waals surface area contributed by atoms with E-state index in [1.54, 1.807) is 0 Å². The standard InChI is InChI=1S/C29H61N3O/c1-3-5-7-9-11-13-15-16-18-20-22-24-26-32(29(33)27-28(30)31)25-23-21-19-17-14-12-10-8-6-4-2/h28H,3-27,30-31H2,1-2H3. The number of rotatable bonds is 26. The highest BCUT2D eigenvalue weighted by atomic mass is 16.2. The van der Waals surface area contributed by atoms with E-state index in [0.717, 1.165) is 25.9 Å². The van der Waals surface area contributed by atoms with Gasteiger partial charge in [-0.1, -0.05) is 142 Å². The van der Waals surface area contributed by atoms with Crippen molar-refractivity contribution in [3.63, 3.8) is 0 Å². The molecule has 0 aliphatic carbocycles. The van der Waals surface area contributed by atoms with Gasteiger partial charge in [0, 0.05) is 13.1 Å². The summed E-state index contributed by atoms with van der Waals surface area (Å²) in [6, 6.07) is 0. The lowest BCUT2D eigenvalue weighted by Crippen LogP contribution is -2.40. The third-order valence-corrected chi connectivity index (χ3v) is 6.83. The van der Waals surface area contributed by atoms with Crippen LogP contribution in [0.4, 0.5) is 0 Å². The van der Waals surface area contributed by atoms with E-state index in [1.165, 1.54) is 128 Å². The molecule has 0 aromatic rings. The van der Waals surface area contributed by atoms with Gasteiger partial charge in [-0.05, 0) is 12.8 Å². The predicted molar refractivity (Wildman–Crippen MR) is 146 cm³/mol. The maximum atomic E-state index is 12.5. The Bertz CT molecular complexity index is 400. The summed E-state index contributed by atoms with van der Waals surface area (Å²) in [4.78, 5) is 14.6. The Balaban J connectivity index is 3.79. The highest BCUT2D eigenvalue weighted by Crippen LogP contribution is 2.14. The second-order valence-corrected chi connectivity index (χ2v) is 10.3. The Morgan fingerprint density at radius 1 is 0.515 bits per heavy atom. The fourth-order valence-electron chi connectivity index (χ4n) is 4.63. The van der Waals surface area contributed by atoms with Crippen molar-refractivity contribution in [3.8, 4) is 0 Å². The first kappa shape index (κ1) is 32.4. The van der Waals surface area contributed by atoms with Crippen molar-refractivity contribution < 1.29 is 4.79 Å². The Morgan fingerprint density at radius 2 is 0.788 bits per heavy atom. The minimum absolute atomic E-state index is 0.143. The van der Waals surface area contributed by atoms with E-state index in [-0.39, 0.29) is 12.3 Å². The van der Waals surface area contributed by atoms with E-state index in [2.05, 4.69) is 13.8 Å². The van der Waals surface area contributed by atoms with Crippen molar-refractivity contribution in [2.24, 2.45) is 11.5 Å². The number of hydrogen-bond acceptors (Lipinski definition) is 3. The first-order chi connectivity index (χ1) is 16.1. The van der Waals surface area contributed by atoms with Crippen LogP contribution in [0.2, 0.25) is 0 Å². The molecular formula is C29H61N3O. The summed E-state index contributed by atoms with van der Waals surface area (Å²) in [5, 5.41) is 0. The summed E-state index contributed by atoms with van der Waals surface area (Å²) in [6.07, 6.45) is 29.1. The lowest BCUT2D eigenvalue weighted by atomic mass is 10.0. The van der Waals surface area contributed by atoms with Crippen LogP contribution in [0.1, 0.15) is 162 Å². The molecule has 33 heavy (non-hydrogen) atoms. The van der Waals surface area contributed by atoms with E-state index in [0.29, 0.717) is 0 Å². The van der Waals surface area contributed by atoms with Gasteiger partial charge in [0.25, 0.3) is 0 Å². The Kier molecular flexibility index (Phi) is 25.5. The van der Waals surface area contributed by atoms with Gasteiger partial charge < -0.3 is 16.4 Å². The van der Waals surface area contributed by atoms with Gasteiger partial charge in [-0.2, -0.15) is 0 Å². The molecule has 0 saturated carbocycles. The van der Waals surface area contributed by atoms with Crippen LogP contribution >= 0.6 is 0 Å². The molecule has 0 heterocycles. The molecular weight excluding hydrogens is 406 g/mol. The fourth-order valence-corrected chi connectivity index (χ4v) is 4.63. The van der Waals surface area contributed by atoms with Crippen LogP contribution in [0.25, 0.3) is 0 Å². The molecule has 4 heteroatoms. The molecule has 0 aromatic carbocycles. The highest BCUT2D eigenvalue weighted by molar-refractivity contribution is 5.76. The van der Waals surface area contributed by atoms with Crippen LogP contribution in [0.15, 0.2) is 0 Å². The van der Waals surface area contributed by atoms with Crippen LogP contribution < -0.4 is 11.5 Å². The largest absolute Gasteiger partial charge is 0.343 e. The zero-order valence-corrected chi connectivity index (χ0v) is 22.8. The quantitative estimate of drug-likeness (QED) is 0.0997. The van der Waals surface area contributed by atoms with Crippen LogP contribution in [0.3, 0.4) is 0 Å². The van der Waals surface area contributed by atoms with Crippen molar-refractivity contribution in [1.29, 1.82) is 0 Å². The van der Waals surface area contributed by atoms with Crippen molar-refractivity contribution in [2.75, 3.05) is 13.1 Å². The Labute approximate surface area is 208 Å². The summed E-state index contributed by atoms with van der Waals surface area (Å²) in [5.41, 5.74) is 11.4. The number of carbonyl (C=O) groups excluding carboxylic acids is 1. The predicted octanol–water partition coefficient (Wildman–Crippen LogP) is 8.07. The van der Waals surface area contributed by atoms with Gasteiger partial charge in [0.05, 0.1) is 12.6 Å². The molecule has 0 saturated heterocycles. The highest BCUT2D eigenvalue weighted by Gasteiger charge is 2.14. The molecule has 4 N–H and O–H groups in total. The van der Waals surface area contributed by atoms with Gasteiger partial charge >= 0.3 is 0 Å². The number of nitrogens with two attached hydrogens (primary N) is 2. The first-order valence-corrected chi connectivity index (χ1v) is 14.9. The zero-order valence-electron chi connectivity index (χ0n) is 22.8. The molecule has 4 nitrogen and oxygen atoms in total. The monoisotopic (exact) mass is 467 g/mol. The molecule has 0 aliphatic rings. The summed E-state index contributed by atoms with van der Waals surface area (Å²) < 4.78 is 0. The smallest absolute Gasteiger partial charge is 0.225 e. The van der Waals surface area contributed by atoms with E-state index >= 15 is 0 Å². The molecule has 198 valence electrons. The summed E-state index contributed by atoms with van der Waals surface area (Å²) in [7, 11) is 0. The van der Waals surface area contributed by atoms with Crippen molar-refractivity contribution in [3.05, 3.63) is 0 Å². The zero-order chi connectivity index (χ0) is 24.4. The van der Waals surface area contributed by atoms with Gasteiger partial charge in [0.2, 0.25) is 5.91 Å². The maximum absolute atomic E-state index is 12.5. The van der Waals surface area contributed by atoms with Crippen molar-refractivity contribution in [2.45, 2.75) is 168 Å². The molecule has 1 amide bonds. The average molecular weight is 468 g/mol. The number of nitrogens with zero attached hydrogens (tertiary/aromatic N) is 1. The molecule has 0 aliphatic heterocycles. The molecule has 0 spiro atoms. The van der Waals surface area contributed by atoms with Gasteiger partial charge in [-0.3, -0.25) is 4.79 Å². The molecule has 0 unspecified atom stereocenters. The van der Waals surface area contributed by atoms with Gasteiger partial charge in [0.15, 0.2) is 0 Å². The normalized spacial score (nSPS) is 11.4. The van der Waals surface area contributed by atoms with Crippen molar-refractivity contribution in [1.82, 2.24) is 4.90 Å². The summed E-state index contributed by atoms with van der Waals surface area (Å²) in [6.45, 7) is 6.30. The van der Waals surface area contributed by atoms with Gasteiger partial charge in [-0.25, -0.2) is 0 Å². The fraction of sp³-hybridized carbons (Fsp3) is 0.966. The second kappa shape index (κ2) is 26.0. The van der Waals surface area contributed by atoms with Gasteiger partial charge in [0.1, 0.15) is 0 Å². The van der Waals surface area contributed by atoms with Crippen LogP contribution in [-0.2, 0) is 4.79 Å². The Hall–Kier alpha value is -0.610. The number of carbonyl (C=O) groups is 1. The van der Waals surface area contributed by atoms with E-state index in [4.69, 9.17) is 11.5 Å². The third-order valence-electron chi connectivity index (χ3n) is 6.83. The number of hydrogen-bond donors (Lipinski definition) is 2. The molecule has 0 radical (unpaired) electrons. The van der Waals surface area contributed by atoms with E-state index < -0.39 is 6.17 Å². The molecule has 0 atom stereocenters. The van der Waals surface area contributed by atoms with Crippen LogP contribution in [-0.4, -0.2) is 30.1 Å². The topological polar surface area (TPSA) is 72.3 Å². The van der Waals surface area contributed by atoms with Crippen LogP contribution in [0, 0.1) is 0 Å². The summed E-state index contributed by atoms with van der Waals surface area (Å²) in [5.74, 6) is 0.143. The number of unbranched alkanes of at least 4 members (excludes halogenated alkanes) is 20. The average Bonchev–Trinajstić information content (AvgIpc) is 2.79. The molecule has 0 aromatic heterocycles. The summed E-state index contributed by atoms with van der Waals surface area (Å²) >= 11 is 0. The second-order valence-electron chi connectivity index (χ2n) is 10.3. The number of amides is 1. The Morgan fingerprint density at radius 3 is 1.06 bits per heavy atom. The lowest BCUT2D eigenvalue weighted by molar-refractivity contribution is -0.131. The van der Waals surface area contributed by atoms with E-state index in [1.807, 2.05) is 4.90 Å².